The summed E-state index contributed by atoms with van der Waals surface area (Å²) in [5, 5.41) is 13.5. The minimum Gasteiger partial charge on any atom is -0.478 e. The van der Waals surface area contributed by atoms with Crippen LogP contribution < -0.4 is 5.32 Å². The molecule has 1 fully saturated rings. The molecule has 1 saturated carbocycles. The minimum atomic E-state index is -1.01. The summed E-state index contributed by atoms with van der Waals surface area (Å²) in [5.74, 6) is -0.595. The van der Waals surface area contributed by atoms with Gasteiger partial charge in [-0.1, -0.05) is 13.3 Å². The summed E-state index contributed by atoms with van der Waals surface area (Å²) in [7, 11) is 0. The molecule has 1 aromatic rings. The van der Waals surface area contributed by atoms with Crippen LogP contribution in [0.2, 0.25) is 0 Å². The van der Waals surface area contributed by atoms with Crippen molar-refractivity contribution in [2.45, 2.75) is 32.2 Å². The second-order valence-electron chi connectivity index (χ2n) is 4.86. The third-order valence-electron chi connectivity index (χ3n) is 3.49. The van der Waals surface area contributed by atoms with Gasteiger partial charge >= 0.3 is 5.97 Å². The van der Waals surface area contributed by atoms with Gasteiger partial charge in [0.2, 0.25) is 0 Å². The highest BCUT2D eigenvalue weighted by molar-refractivity contribution is 7.12. The number of thiophene rings is 1. The molecule has 102 valence electrons. The average molecular weight is 279 g/mol. The third kappa shape index (κ3) is 3.44. The van der Waals surface area contributed by atoms with E-state index in [9.17, 15) is 9.59 Å². The van der Waals surface area contributed by atoms with E-state index in [1.807, 2.05) is 0 Å². The highest BCUT2D eigenvalue weighted by Crippen LogP contribution is 2.26. The predicted molar refractivity (Wildman–Crippen MR) is 75.3 cm³/mol. The molecular formula is C14H17NO3S. The van der Waals surface area contributed by atoms with Gasteiger partial charge in [0.25, 0.3) is 5.91 Å². The van der Waals surface area contributed by atoms with Gasteiger partial charge in [-0.3, -0.25) is 4.79 Å². The molecule has 2 unspecified atom stereocenters. The lowest BCUT2D eigenvalue weighted by atomic mass is 10.1. The molecule has 1 aromatic heterocycles. The summed E-state index contributed by atoms with van der Waals surface area (Å²) in [6.07, 6.45) is 5.85. The van der Waals surface area contributed by atoms with Crippen LogP contribution in [0, 0.1) is 5.92 Å². The summed E-state index contributed by atoms with van der Waals surface area (Å²) in [5.41, 5.74) is 0.663. The van der Waals surface area contributed by atoms with Crippen molar-refractivity contribution in [3.05, 3.63) is 28.0 Å². The first-order valence-corrected chi connectivity index (χ1v) is 7.25. The fraction of sp³-hybridized carbons (Fsp3) is 0.429. The van der Waals surface area contributed by atoms with Gasteiger partial charge in [0, 0.05) is 12.1 Å². The molecule has 2 rings (SSSR count). The molecule has 1 heterocycles. The van der Waals surface area contributed by atoms with E-state index in [-0.39, 0.29) is 11.9 Å². The maximum Gasteiger partial charge on any atom is 0.328 e. The molecule has 19 heavy (non-hydrogen) atoms. The van der Waals surface area contributed by atoms with Crippen LogP contribution in [0.1, 0.15) is 41.4 Å². The zero-order valence-electron chi connectivity index (χ0n) is 10.8. The monoisotopic (exact) mass is 279 g/mol. The molecule has 1 aliphatic rings. The second kappa shape index (κ2) is 6.02. The van der Waals surface area contributed by atoms with Gasteiger partial charge < -0.3 is 10.4 Å². The van der Waals surface area contributed by atoms with Crippen molar-refractivity contribution in [3.63, 3.8) is 0 Å². The van der Waals surface area contributed by atoms with Crippen LogP contribution in [0.5, 0.6) is 0 Å². The highest BCUT2D eigenvalue weighted by atomic mass is 32.1. The molecule has 2 atom stereocenters. The maximum atomic E-state index is 12.2. The fourth-order valence-corrected chi connectivity index (χ4v) is 3.18. The first-order valence-electron chi connectivity index (χ1n) is 6.37. The molecule has 0 saturated heterocycles. The topological polar surface area (TPSA) is 66.4 Å². The molecule has 0 aliphatic heterocycles. The van der Waals surface area contributed by atoms with Crippen molar-refractivity contribution in [1.82, 2.24) is 5.32 Å². The van der Waals surface area contributed by atoms with E-state index in [0.29, 0.717) is 16.4 Å². The van der Waals surface area contributed by atoms with E-state index < -0.39 is 5.97 Å². The van der Waals surface area contributed by atoms with Crippen molar-refractivity contribution in [1.29, 1.82) is 0 Å². The number of carbonyl (C=O) groups is 2. The molecule has 1 amide bonds. The van der Waals surface area contributed by atoms with Crippen LogP contribution in [0.3, 0.4) is 0 Å². The van der Waals surface area contributed by atoms with Gasteiger partial charge in [0.05, 0.1) is 4.88 Å². The fourth-order valence-electron chi connectivity index (χ4n) is 2.39. The van der Waals surface area contributed by atoms with Gasteiger partial charge in [-0.05, 0) is 41.8 Å². The minimum absolute atomic E-state index is 0.0983. The molecule has 1 aliphatic carbocycles. The lowest BCUT2D eigenvalue weighted by Gasteiger charge is -2.16. The normalized spacial score (nSPS) is 22.8. The first-order chi connectivity index (χ1) is 9.08. The Kier molecular flexibility index (Phi) is 4.37. The van der Waals surface area contributed by atoms with E-state index in [4.69, 9.17) is 5.11 Å². The summed E-state index contributed by atoms with van der Waals surface area (Å²) in [6.45, 7) is 2.15. The van der Waals surface area contributed by atoms with E-state index in [1.165, 1.54) is 17.4 Å². The number of amides is 1. The Bertz CT molecular complexity index is 507. The van der Waals surface area contributed by atoms with Crippen molar-refractivity contribution in [2.24, 2.45) is 5.92 Å². The van der Waals surface area contributed by atoms with Gasteiger partial charge in [-0.25, -0.2) is 4.79 Å². The number of aliphatic carboxylic acids is 1. The van der Waals surface area contributed by atoms with Crippen LogP contribution in [0.4, 0.5) is 0 Å². The lowest BCUT2D eigenvalue weighted by Crippen LogP contribution is -2.36. The number of hydrogen-bond donors (Lipinski definition) is 2. The zero-order chi connectivity index (χ0) is 13.8. The largest absolute Gasteiger partial charge is 0.478 e. The quantitative estimate of drug-likeness (QED) is 0.833. The number of hydrogen-bond acceptors (Lipinski definition) is 3. The molecule has 4 nitrogen and oxygen atoms in total. The Balaban J connectivity index is 2.07. The molecular weight excluding hydrogens is 262 g/mol. The zero-order valence-corrected chi connectivity index (χ0v) is 11.6. The highest BCUT2D eigenvalue weighted by Gasteiger charge is 2.25. The Hall–Kier alpha value is -1.62. The molecule has 2 N–H and O–H groups in total. The van der Waals surface area contributed by atoms with Crippen molar-refractivity contribution in [3.8, 4) is 0 Å². The summed E-state index contributed by atoms with van der Waals surface area (Å²) < 4.78 is 0. The Morgan fingerprint density at radius 3 is 2.89 bits per heavy atom. The smallest absolute Gasteiger partial charge is 0.328 e. The molecule has 0 bridgehead atoms. The summed E-state index contributed by atoms with van der Waals surface area (Å²) in [4.78, 5) is 23.3. The van der Waals surface area contributed by atoms with E-state index >= 15 is 0 Å². The van der Waals surface area contributed by atoms with Gasteiger partial charge in [-0.2, -0.15) is 0 Å². The Labute approximate surface area is 116 Å². The second-order valence-corrected chi connectivity index (χ2v) is 5.78. The summed E-state index contributed by atoms with van der Waals surface area (Å²) >= 11 is 1.34. The molecule has 0 aromatic carbocycles. The molecule has 0 radical (unpaired) electrons. The average Bonchev–Trinajstić information content (AvgIpc) is 2.96. The van der Waals surface area contributed by atoms with Crippen LogP contribution in [0.15, 0.2) is 17.5 Å². The molecule has 0 spiro atoms. The summed E-state index contributed by atoms with van der Waals surface area (Å²) in [6, 6.07) is 2.00. The van der Waals surface area contributed by atoms with Crippen molar-refractivity contribution < 1.29 is 14.7 Å². The van der Waals surface area contributed by atoms with Gasteiger partial charge in [0.1, 0.15) is 0 Å². The number of carboxylic acids is 1. The number of rotatable bonds is 4. The number of nitrogens with one attached hydrogen (secondary N) is 1. The van der Waals surface area contributed by atoms with Crippen LogP contribution >= 0.6 is 11.3 Å². The van der Waals surface area contributed by atoms with Gasteiger partial charge in [0.15, 0.2) is 0 Å². The standard InChI is InChI=1S/C14H17NO3S/c1-9-3-2-4-11(9)15-14(18)13-10(7-8-19-13)5-6-12(16)17/h5-9,11H,2-4H2,1H3,(H,15,18)(H,16,17)/b6-5+. The lowest BCUT2D eigenvalue weighted by molar-refractivity contribution is -0.131. The predicted octanol–water partition coefficient (Wildman–Crippen LogP) is 2.76. The van der Waals surface area contributed by atoms with Crippen molar-refractivity contribution >= 4 is 29.3 Å². The van der Waals surface area contributed by atoms with Crippen LogP contribution in [0.25, 0.3) is 6.08 Å². The number of carboxylic acid groups (broad SMARTS) is 1. The van der Waals surface area contributed by atoms with E-state index in [2.05, 4.69) is 12.2 Å². The van der Waals surface area contributed by atoms with E-state index in [0.717, 1.165) is 25.3 Å². The SMILES string of the molecule is CC1CCCC1NC(=O)c1sccc1/C=C/C(=O)O. The molecule has 5 heteroatoms. The Morgan fingerprint density at radius 1 is 1.47 bits per heavy atom. The Morgan fingerprint density at radius 2 is 2.26 bits per heavy atom. The first kappa shape index (κ1) is 13.8. The van der Waals surface area contributed by atoms with Crippen molar-refractivity contribution in [2.75, 3.05) is 0 Å². The third-order valence-corrected chi connectivity index (χ3v) is 4.41. The van der Waals surface area contributed by atoms with Gasteiger partial charge in [-0.15, -0.1) is 11.3 Å². The van der Waals surface area contributed by atoms with Crippen LogP contribution in [-0.2, 0) is 4.79 Å². The van der Waals surface area contributed by atoms with Crippen LogP contribution in [-0.4, -0.2) is 23.0 Å². The maximum absolute atomic E-state index is 12.2. The number of carbonyl (C=O) groups excluding carboxylic acids is 1. The van der Waals surface area contributed by atoms with E-state index in [1.54, 1.807) is 11.4 Å².